The number of carbonyl (C=O) groups is 1. The van der Waals surface area contributed by atoms with Crippen LogP contribution in [0.1, 0.15) is 12.5 Å². The van der Waals surface area contributed by atoms with Gasteiger partial charge in [0.1, 0.15) is 0 Å². The van der Waals surface area contributed by atoms with E-state index in [0.29, 0.717) is 44.9 Å². The van der Waals surface area contributed by atoms with Crippen LogP contribution in [0.3, 0.4) is 0 Å². The lowest BCUT2D eigenvalue weighted by Crippen LogP contribution is -2.20. The van der Waals surface area contributed by atoms with Crippen molar-refractivity contribution < 1.29 is 19.0 Å². The largest absolute Gasteiger partial charge is 0.490 e. The number of fused-ring (bicyclic) bond motifs is 1. The Kier molecular flexibility index (Phi) is 7.57. The van der Waals surface area contributed by atoms with Gasteiger partial charge in [-0.05, 0) is 52.7 Å². The molecule has 0 bridgehead atoms. The molecule has 0 atom stereocenters. The van der Waals surface area contributed by atoms with Crippen molar-refractivity contribution in [2.24, 2.45) is 5.10 Å². The summed E-state index contributed by atoms with van der Waals surface area (Å²) in [6, 6.07) is 20.0. The molecule has 0 N–H and O–H groups in total. The predicted molar refractivity (Wildman–Crippen MR) is 137 cm³/mol. The van der Waals surface area contributed by atoms with Crippen LogP contribution in [0.25, 0.3) is 22.3 Å². The van der Waals surface area contributed by atoms with E-state index in [4.69, 9.17) is 14.5 Å². The van der Waals surface area contributed by atoms with Gasteiger partial charge in [0.2, 0.25) is 0 Å². The van der Waals surface area contributed by atoms with E-state index >= 15 is 0 Å². The van der Waals surface area contributed by atoms with E-state index in [9.17, 15) is 9.59 Å². The normalized spacial score (nSPS) is 11.1. The molecule has 0 aliphatic carbocycles. The van der Waals surface area contributed by atoms with Crippen molar-refractivity contribution in [2.75, 3.05) is 20.3 Å². The molecule has 0 saturated heterocycles. The van der Waals surface area contributed by atoms with Crippen LogP contribution < -0.4 is 15.0 Å². The first kappa shape index (κ1) is 24.2. The van der Waals surface area contributed by atoms with Crippen LogP contribution in [-0.2, 0) is 9.53 Å². The van der Waals surface area contributed by atoms with Crippen molar-refractivity contribution in [1.82, 2.24) is 9.66 Å². The maximum absolute atomic E-state index is 13.3. The molecule has 178 valence electrons. The van der Waals surface area contributed by atoms with Crippen LogP contribution in [0.15, 0.2) is 81.1 Å². The van der Waals surface area contributed by atoms with Crippen LogP contribution in [0.4, 0.5) is 0 Å². The number of methoxy groups -OCH3 is 1. The smallest absolute Gasteiger partial charge is 0.343 e. The summed E-state index contributed by atoms with van der Waals surface area (Å²) in [6.45, 7) is 1.96. The summed E-state index contributed by atoms with van der Waals surface area (Å²) >= 11 is 3.46. The highest BCUT2D eigenvalue weighted by Gasteiger charge is 2.15. The molecule has 0 unspecified atom stereocenters. The molecule has 4 rings (SSSR count). The molecule has 0 aliphatic heterocycles. The Morgan fingerprint density at radius 3 is 2.57 bits per heavy atom. The van der Waals surface area contributed by atoms with Crippen LogP contribution in [0.5, 0.6) is 11.5 Å². The Bertz CT molecular complexity index is 1450. The van der Waals surface area contributed by atoms with E-state index in [1.807, 2.05) is 43.3 Å². The second kappa shape index (κ2) is 11.0. The zero-order chi connectivity index (χ0) is 24.8. The Hall–Kier alpha value is -3.98. The minimum absolute atomic E-state index is 0.263. The fraction of sp³-hybridized carbons (Fsp3) is 0.154. The minimum Gasteiger partial charge on any atom is -0.490 e. The summed E-state index contributed by atoms with van der Waals surface area (Å²) in [7, 11) is 1.29. The lowest BCUT2D eigenvalue weighted by atomic mass is 10.2. The van der Waals surface area contributed by atoms with Gasteiger partial charge in [-0.25, -0.2) is 9.78 Å². The molecule has 1 heterocycles. The van der Waals surface area contributed by atoms with E-state index in [-0.39, 0.29) is 12.2 Å². The van der Waals surface area contributed by atoms with E-state index in [2.05, 4.69) is 25.8 Å². The molecule has 0 amide bonds. The number of nitrogens with zero attached hydrogens (tertiary/aromatic N) is 3. The highest BCUT2D eigenvalue weighted by atomic mass is 79.9. The first-order chi connectivity index (χ1) is 17.0. The number of halogens is 1. The highest BCUT2D eigenvalue weighted by Crippen LogP contribution is 2.36. The summed E-state index contributed by atoms with van der Waals surface area (Å²) in [5.41, 5.74) is 1.71. The van der Waals surface area contributed by atoms with Crippen LogP contribution in [0, 0.1) is 0 Å². The van der Waals surface area contributed by atoms with E-state index in [1.54, 1.807) is 36.5 Å². The molecule has 4 aromatic rings. The fourth-order valence-corrected chi connectivity index (χ4v) is 3.96. The van der Waals surface area contributed by atoms with Gasteiger partial charge in [-0.1, -0.05) is 42.5 Å². The standard InChI is InChI=1S/C26H22BrN3O5/c1-3-34-22-14-17(13-20(27)24(22)35-16-23(31)33-2)15-28-30-25(18-9-5-4-6-10-18)29-21-12-8-7-11-19(21)26(30)32/h4-15H,3,16H2,1-2H3. The molecule has 0 aliphatic rings. The monoisotopic (exact) mass is 535 g/mol. The number of hydrogen-bond donors (Lipinski definition) is 0. The first-order valence-electron chi connectivity index (χ1n) is 10.8. The van der Waals surface area contributed by atoms with Crippen LogP contribution in [-0.4, -0.2) is 42.2 Å². The maximum atomic E-state index is 13.3. The van der Waals surface area contributed by atoms with Crippen molar-refractivity contribution in [3.05, 3.63) is 87.1 Å². The van der Waals surface area contributed by atoms with Gasteiger partial charge in [0.05, 0.1) is 35.3 Å². The Balaban J connectivity index is 1.79. The highest BCUT2D eigenvalue weighted by molar-refractivity contribution is 9.10. The van der Waals surface area contributed by atoms with Gasteiger partial charge in [-0.2, -0.15) is 9.78 Å². The number of carbonyl (C=O) groups excluding carboxylic acids is 1. The van der Waals surface area contributed by atoms with Gasteiger partial charge in [0.25, 0.3) is 5.56 Å². The van der Waals surface area contributed by atoms with Crippen molar-refractivity contribution in [1.29, 1.82) is 0 Å². The zero-order valence-electron chi connectivity index (χ0n) is 19.1. The molecule has 1 aromatic heterocycles. The van der Waals surface area contributed by atoms with Crippen molar-refractivity contribution in [3.8, 4) is 22.9 Å². The number of benzene rings is 3. The molecule has 0 radical (unpaired) electrons. The van der Waals surface area contributed by atoms with Gasteiger partial charge in [-0.3, -0.25) is 4.79 Å². The summed E-state index contributed by atoms with van der Waals surface area (Å²) in [5, 5.41) is 4.95. The summed E-state index contributed by atoms with van der Waals surface area (Å²) in [4.78, 5) is 29.5. The number of ether oxygens (including phenoxy) is 3. The topological polar surface area (TPSA) is 92.0 Å². The summed E-state index contributed by atoms with van der Waals surface area (Å²) in [6.07, 6.45) is 1.54. The third-order valence-corrected chi connectivity index (χ3v) is 5.59. The number of esters is 1. The van der Waals surface area contributed by atoms with Gasteiger partial charge in [-0.15, -0.1) is 0 Å². The average molecular weight is 536 g/mol. The minimum atomic E-state index is -0.512. The summed E-state index contributed by atoms with van der Waals surface area (Å²) < 4.78 is 17.8. The Morgan fingerprint density at radius 2 is 1.83 bits per heavy atom. The molecule has 0 spiro atoms. The molecule has 9 heteroatoms. The Labute approximate surface area is 209 Å². The molecule has 0 saturated carbocycles. The third-order valence-electron chi connectivity index (χ3n) is 5.00. The van der Waals surface area contributed by atoms with Crippen molar-refractivity contribution in [2.45, 2.75) is 6.92 Å². The van der Waals surface area contributed by atoms with Gasteiger partial charge < -0.3 is 14.2 Å². The van der Waals surface area contributed by atoms with Gasteiger partial charge in [0.15, 0.2) is 23.9 Å². The van der Waals surface area contributed by atoms with Crippen molar-refractivity contribution >= 4 is 39.0 Å². The van der Waals surface area contributed by atoms with Crippen molar-refractivity contribution in [3.63, 3.8) is 0 Å². The van der Waals surface area contributed by atoms with Gasteiger partial charge in [0, 0.05) is 5.56 Å². The fourth-order valence-electron chi connectivity index (χ4n) is 3.38. The van der Waals surface area contributed by atoms with Crippen LogP contribution >= 0.6 is 15.9 Å². The lowest BCUT2D eigenvalue weighted by molar-refractivity contribution is -0.142. The zero-order valence-corrected chi connectivity index (χ0v) is 20.7. The number of aromatic nitrogens is 2. The van der Waals surface area contributed by atoms with E-state index in [1.165, 1.54) is 11.8 Å². The average Bonchev–Trinajstić information content (AvgIpc) is 2.88. The van der Waals surface area contributed by atoms with E-state index < -0.39 is 5.97 Å². The molecule has 35 heavy (non-hydrogen) atoms. The number of rotatable bonds is 8. The Morgan fingerprint density at radius 1 is 1.09 bits per heavy atom. The second-order valence-corrected chi connectivity index (χ2v) is 8.16. The number of hydrogen-bond acceptors (Lipinski definition) is 7. The lowest BCUT2D eigenvalue weighted by Gasteiger charge is -2.14. The van der Waals surface area contributed by atoms with Crippen LogP contribution in [0.2, 0.25) is 0 Å². The number of para-hydroxylation sites is 1. The predicted octanol–water partition coefficient (Wildman–Crippen LogP) is 4.66. The molecule has 8 nitrogen and oxygen atoms in total. The summed E-state index contributed by atoms with van der Waals surface area (Å²) in [5.74, 6) is 0.692. The molecular weight excluding hydrogens is 514 g/mol. The second-order valence-electron chi connectivity index (χ2n) is 7.31. The first-order valence-corrected chi connectivity index (χ1v) is 11.6. The molecule has 0 fully saturated rings. The third kappa shape index (κ3) is 5.41. The van der Waals surface area contributed by atoms with Gasteiger partial charge >= 0.3 is 5.97 Å². The molecule has 3 aromatic carbocycles. The maximum Gasteiger partial charge on any atom is 0.343 e. The SMILES string of the molecule is CCOc1cc(C=Nn2c(-c3ccccc3)nc3ccccc3c2=O)cc(Br)c1OCC(=O)OC. The molecular formula is C26H22BrN3O5. The van der Waals surface area contributed by atoms with E-state index in [0.717, 1.165) is 5.56 Å². The quantitative estimate of drug-likeness (QED) is 0.240.